The van der Waals surface area contributed by atoms with Crippen molar-refractivity contribution in [3.8, 4) is 0 Å². The van der Waals surface area contributed by atoms with Gasteiger partial charge in [0.2, 0.25) is 0 Å². The van der Waals surface area contributed by atoms with Crippen molar-refractivity contribution >= 4 is 5.69 Å². The van der Waals surface area contributed by atoms with Crippen LogP contribution in [0.3, 0.4) is 0 Å². The van der Waals surface area contributed by atoms with Gasteiger partial charge in [0.15, 0.2) is 0 Å². The van der Waals surface area contributed by atoms with E-state index in [0.717, 1.165) is 12.1 Å². The molecule has 0 aliphatic heterocycles. The summed E-state index contributed by atoms with van der Waals surface area (Å²) < 4.78 is 0. The zero-order chi connectivity index (χ0) is 9.97. The fourth-order valence-corrected chi connectivity index (χ4v) is 2.32. The van der Waals surface area contributed by atoms with Gasteiger partial charge in [-0.1, -0.05) is 25.0 Å². The highest BCUT2D eigenvalue weighted by Gasteiger charge is 2.22. The summed E-state index contributed by atoms with van der Waals surface area (Å²) in [6, 6.07) is 8.51. The Balaban J connectivity index is 2.16. The molecule has 0 amide bonds. The highest BCUT2D eigenvalue weighted by atomic mass is 14.7. The fraction of sp³-hybridized carbons (Fsp3) is 0.500. The number of rotatable bonds is 1. The summed E-state index contributed by atoms with van der Waals surface area (Å²) in [4.78, 5) is 0. The maximum atomic E-state index is 6.12. The Hall–Kier alpha value is -1.02. The third kappa shape index (κ3) is 1.90. The SMILES string of the molecule is Nc1ccc([C@H]2CCCC[C@@H]2N)cc1. The second-order valence-electron chi connectivity index (χ2n) is 4.22. The van der Waals surface area contributed by atoms with Gasteiger partial charge < -0.3 is 11.5 Å². The fourth-order valence-electron chi connectivity index (χ4n) is 2.32. The monoisotopic (exact) mass is 190 g/mol. The van der Waals surface area contributed by atoms with Crippen LogP contribution in [0.5, 0.6) is 0 Å². The van der Waals surface area contributed by atoms with Crippen molar-refractivity contribution in [2.45, 2.75) is 37.6 Å². The first-order chi connectivity index (χ1) is 6.77. The number of hydrogen-bond donors (Lipinski definition) is 2. The van der Waals surface area contributed by atoms with Crippen LogP contribution >= 0.6 is 0 Å². The number of nitrogen functional groups attached to an aromatic ring is 1. The van der Waals surface area contributed by atoms with Crippen molar-refractivity contribution < 1.29 is 0 Å². The smallest absolute Gasteiger partial charge is 0.0314 e. The quantitative estimate of drug-likeness (QED) is 0.667. The summed E-state index contributed by atoms with van der Waals surface area (Å²) in [6.07, 6.45) is 4.98. The molecule has 0 unspecified atom stereocenters. The molecular formula is C12H18N2. The summed E-state index contributed by atoms with van der Waals surface area (Å²) in [5.41, 5.74) is 14.0. The van der Waals surface area contributed by atoms with Crippen molar-refractivity contribution in [1.82, 2.24) is 0 Å². The second kappa shape index (κ2) is 4.01. The van der Waals surface area contributed by atoms with Crippen LogP contribution in [0.15, 0.2) is 24.3 Å². The molecule has 1 aromatic carbocycles. The molecule has 0 radical (unpaired) electrons. The summed E-state index contributed by atoms with van der Waals surface area (Å²) in [6.45, 7) is 0. The summed E-state index contributed by atoms with van der Waals surface area (Å²) in [5, 5.41) is 0. The van der Waals surface area contributed by atoms with Crippen LogP contribution < -0.4 is 11.5 Å². The first-order valence-electron chi connectivity index (χ1n) is 5.38. The Labute approximate surface area is 85.3 Å². The Kier molecular flexibility index (Phi) is 2.73. The highest BCUT2D eigenvalue weighted by Crippen LogP contribution is 2.31. The van der Waals surface area contributed by atoms with Gasteiger partial charge in [0.25, 0.3) is 0 Å². The molecule has 76 valence electrons. The molecule has 0 aromatic heterocycles. The molecule has 1 aliphatic rings. The van der Waals surface area contributed by atoms with Crippen LogP contribution in [0.4, 0.5) is 5.69 Å². The van der Waals surface area contributed by atoms with Gasteiger partial charge in [0, 0.05) is 11.7 Å². The molecule has 2 heteroatoms. The first kappa shape index (κ1) is 9.53. The molecule has 1 aromatic rings. The molecule has 1 fully saturated rings. The summed E-state index contributed by atoms with van der Waals surface area (Å²) >= 11 is 0. The van der Waals surface area contributed by atoms with Gasteiger partial charge in [0.05, 0.1) is 0 Å². The van der Waals surface area contributed by atoms with Gasteiger partial charge in [0.1, 0.15) is 0 Å². The lowest BCUT2D eigenvalue weighted by molar-refractivity contribution is 0.385. The second-order valence-corrected chi connectivity index (χ2v) is 4.22. The molecule has 2 nitrogen and oxygen atoms in total. The van der Waals surface area contributed by atoms with E-state index >= 15 is 0 Å². The predicted molar refractivity (Wildman–Crippen MR) is 60.0 cm³/mol. The van der Waals surface area contributed by atoms with Crippen molar-refractivity contribution in [3.05, 3.63) is 29.8 Å². The van der Waals surface area contributed by atoms with E-state index in [2.05, 4.69) is 12.1 Å². The van der Waals surface area contributed by atoms with Crippen LogP contribution in [0.1, 0.15) is 37.2 Å². The van der Waals surface area contributed by atoms with E-state index in [1.807, 2.05) is 12.1 Å². The minimum atomic E-state index is 0.340. The molecular weight excluding hydrogens is 172 g/mol. The van der Waals surface area contributed by atoms with Gasteiger partial charge >= 0.3 is 0 Å². The van der Waals surface area contributed by atoms with Crippen LogP contribution in [-0.2, 0) is 0 Å². The van der Waals surface area contributed by atoms with E-state index in [-0.39, 0.29) is 0 Å². The lowest BCUT2D eigenvalue weighted by atomic mass is 9.80. The van der Waals surface area contributed by atoms with E-state index in [9.17, 15) is 0 Å². The van der Waals surface area contributed by atoms with E-state index in [0.29, 0.717) is 12.0 Å². The number of hydrogen-bond acceptors (Lipinski definition) is 2. The zero-order valence-electron chi connectivity index (χ0n) is 8.45. The van der Waals surface area contributed by atoms with Crippen LogP contribution in [0.25, 0.3) is 0 Å². The average Bonchev–Trinajstić information content (AvgIpc) is 2.20. The lowest BCUT2D eigenvalue weighted by Crippen LogP contribution is -2.31. The molecule has 0 heterocycles. The average molecular weight is 190 g/mol. The van der Waals surface area contributed by atoms with Gasteiger partial charge in [-0.25, -0.2) is 0 Å². The molecule has 14 heavy (non-hydrogen) atoms. The lowest BCUT2D eigenvalue weighted by Gasteiger charge is -2.28. The number of anilines is 1. The number of nitrogens with two attached hydrogens (primary N) is 2. The van der Waals surface area contributed by atoms with Gasteiger partial charge in [-0.3, -0.25) is 0 Å². The zero-order valence-corrected chi connectivity index (χ0v) is 8.45. The van der Waals surface area contributed by atoms with Crippen LogP contribution in [-0.4, -0.2) is 6.04 Å². The molecule has 4 N–H and O–H groups in total. The molecule has 0 spiro atoms. The third-order valence-electron chi connectivity index (χ3n) is 3.18. The summed E-state index contributed by atoms with van der Waals surface area (Å²) in [5.74, 6) is 0.546. The largest absolute Gasteiger partial charge is 0.399 e. The van der Waals surface area contributed by atoms with Gasteiger partial charge in [-0.05, 0) is 36.5 Å². The van der Waals surface area contributed by atoms with Crippen molar-refractivity contribution in [2.75, 3.05) is 5.73 Å². The molecule has 2 rings (SSSR count). The Morgan fingerprint density at radius 2 is 1.64 bits per heavy atom. The molecule has 0 bridgehead atoms. The maximum Gasteiger partial charge on any atom is 0.0314 e. The molecule has 0 saturated heterocycles. The molecule has 1 aliphatic carbocycles. The summed E-state index contributed by atoms with van der Waals surface area (Å²) in [7, 11) is 0. The maximum absolute atomic E-state index is 6.12. The van der Waals surface area contributed by atoms with Crippen LogP contribution in [0, 0.1) is 0 Å². The standard InChI is InChI=1S/C12H18N2/c13-10-7-5-9(6-8-10)11-3-1-2-4-12(11)14/h5-8,11-12H,1-4,13-14H2/t11-,12+/m1/s1. The Morgan fingerprint density at radius 3 is 2.29 bits per heavy atom. The minimum absolute atomic E-state index is 0.340. The minimum Gasteiger partial charge on any atom is -0.399 e. The normalized spacial score (nSPS) is 27.5. The van der Waals surface area contributed by atoms with Crippen LogP contribution in [0.2, 0.25) is 0 Å². The van der Waals surface area contributed by atoms with E-state index < -0.39 is 0 Å². The van der Waals surface area contributed by atoms with Crippen molar-refractivity contribution in [1.29, 1.82) is 0 Å². The highest BCUT2D eigenvalue weighted by molar-refractivity contribution is 5.40. The van der Waals surface area contributed by atoms with Gasteiger partial charge in [-0.15, -0.1) is 0 Å². The number of benzene rings is 1. The first-order valence-corrected chi connectivity index (χ1v) is 5.38. The van der Waals surface area contributed by atoms with Crippen molar-refractivity contribution in [3.63, 3.8) is 0 Å². The topological polar surface area (TPSA) is 52.0 Å². The Bertz CT molecular complexity index is 292. The van der Waals surface area contributed by atoms with E-state index in [1.165, 1.54) is 24.8 Å². The van der Waals surface area contributed by atoms with Crippen molar-refractivity contribution in [2.24, 2.45) is 5.73 Å². The third-order valence-corrected chi connectivity index (χ3v) is 3.18. The van der Waals surface area contributed by atoms with E-state index in [4.69, 9.17) is 11.5 Å². The van der Waals surface area contributed by atoms with Gasteiger partial charge in [-0.2, -0.15) is 0 Å². The van der Waals surface area contributed by atoms with E-state index in [1.54, 1.807) is 0 Å². The molecule has 2 atom stereocenters. The predicted octanol–water partition coefficient (Wildman–Crippen LogP) is 2.25. The Morgan fingerprint density at radius 1 is 1.00 bits per heavy atom. The molecule has 1 saturated carbocycles.